The highest BCUT2D eigenvalue weighted by atomic mass is 32.1. The first-order valence-electron chi connectivity index (χ1n) is 8.34. The van der Waals surface area contributed by atoms with Gasteiger partial charge < -0.3 is 5.32 Å². The highest BCUT2D eigenvalue weighted by Gasteiger charge is 2.30. The van der Waals surface area contributed by atoms with Crippen molar-refractivity contribution in [3.05, 3.63) is 64.7 Å². The van der Waals surface area contributed by atoms with E-state index < -0.39 is 11.7 Å². The van der Waals surface area contributed by atoms with E-state index in [1.165, 1.54) is 12.1 Å². The third kappa shape index (κ3) is 4.97. The maximum absolute atomic E-state index is 12.7. The van der Waals surface area contributed by atoms with Gasteiger partial charge in [0.25, 0.3) is 0 Å². The van der Waals surface area contributed by atoms with Gasteiger partial charge in [-0.25, -0.2) is 0 Å². The normalized spacial score (nSPS) is 11.6. The standard InChI is InChI=1S/C19H18F3N3OS/c1-13-10-16(17-6-3-9-27-17)24-25(13)8-7-23-18(26)12-14-4-2-5-15(11-14)19(20,21)22/h2-6,9-11H,7-8,12H2,1H3,(H,23,26). The highest BCUT2D eigenvalue weighted by Crippen LogP contribution is 2.29. The lowest BCUT2D eigenvalue weighted by atomic mass is 10.1. The average molecular weight is 393 g/mol. The Morgan fingerprint density at radius 3 is 2.74 bits per heavy atom. The summed E-state index contributed by atoms with van der Waals surface area (Å²) in [5.74, 6) is -0.322. The fourth-order valence-electron chi connectivity index (χ4n) is 2.69. The van der Waals surface area contributed by atoms with Crippen molar-refractivity contribution in [1.82, 2.24) is 15.1 Å². The maximum atomic E-state index is 12.7. The van der Waals surface area contributed by atoms with Crippen LogP contribution in [0.5, 0.6) is 0 Å². The van der Waals surface area contributed by atoms with Crippen LogP contribution in [0.15, 0.2) is 47.8 Å². The monoisotopic (exact) mass is 393 g/mol. The van der Waals surface area contributed by atoms with Crippen molar-refractivity contribution < 1.29 is 18.0 Å². The third-order valence-electron chi connectivity index (χ3n) is 4.02. The Morgan fingerprint density at radius 1 is 1.22 bits per heavy atom. The topological polar surface area (TPSA) is 46.9 Å². The van der Waals surface area contributed by atoms with Crippen LogP contribution in [0, 0.1) is 6.92 Å². The van der Waals surface area contributed by atoms with E-state index in [0.29, 0.717) is 18.7 Å². The molecule has 8 heteroatoms. The Kier molecular flexibility index (Phi) is 5.65. The van der Waals surface area contributed by atoms with Crippen LogP contribution in [-0.4, -0.2) is 22.2 Å². The molecule has 0 saturated heterocycles. The number of halogens is 3. The van der Waals surface area contributed by atoms with E-state index in [0.717, 1.165) is 28.4 Å². The van der Waals surface area contributed by atoms with Gasteiger partial charge in [0.15, 0.2) is 0 Å². The first-order chi connectivity index (χ1) is 12.8. The largest absolute Gasteiger partial charge is 0.416 e. The number of aromatic nitrogens is 2. The number of nitrogens with zero attached hydrogens (tertiary/aromatic N) is 2. The SMILES string of the molecule is Cc1cc(-c2cccs2)nn1CCNC(=O)Cc1cccc(C(F)(F)F)c1. The molecule has 142 valence electrons. The summed E-state index contributed by atoms with van der Waals surface area (Å²) in [5, 5.41) is 9.24. The molecule has 0 radical (unpaired) electrons. The first kappa shape index (κ1) is 19.2. The zero-order valence-corrected chi connectivity index (χ0v) is 15.4. The molecule has 2 heterocycles. The average Bonchev–Trinajstić information content (AvgIpc) is 3.24. The Balaban J connectivity index is 1.53. The van der Waals surface area contributed by atoms with Crippen LogP contribution in [-0.2, 0) is 23.9 Å². The van der Waals surface area contributed by atoms with Crippen LogP contribution < -0.4 is 5.32 Å². The Bertz CT molecular complexity index is 917. The van der Waals surface area contributed by atoms with Gasteiger partial charge in [0, 0.05) is 12.2 Å². The maximum Gasteiger partial charge on any atom is 0.416 e. The first-order valence-corrected chi connectivity index (χ1v) is 9.22. The van der Waals surface area contributed by atoms with E-state index in [9.17, 15) is 18.0 Å². The summed E-state index contributed by atoms with van der Waals surface area (Å²) >= 11 is 1.61. The second-order valence-corrected chi connectivity index (χ2v) is 7.04. The van der Waals surface area contributed by atoms with Gasteiger partial charge in [-0.3, -0.25) is 9.48 Å². The van der Waals surface area contributed by atoms with Crippen molar-refractivity contribution in [3.8, 4) is 10.6 Å². The molecule has 2 aromatic heterocycles. The summed E-state index contributed by atoms with van der Waals surface area (Å²) < 4.78 is 40.0. The molecule has 0 atom stereocenters. The molecule has 27 heavy (non-hydrogen) atoms. The van der Waals surface area contributed by atoms with Crippen LogP contribution in [0.1, 0.15) is 16.8 Å². The molecular formula is C19H18F3N3OS. The number of thiophene rings is 1. The molecule has 1 amide bonds. The van der Waals surface area contributed by atoms with Crippen molar-refractivity contribution in [2.75, 3.05) is 6.54 Å². The predicted octanol–water partition coefficient (Wildman–Crippen LogP) is 4.30. The minimum absolute atomic E-state index is 0.0948. The fraction of sp³-hybridized carbons (Fsp3) is 0.263. The summed E-state index contributed by atoms with van der Waals surface area (Å²) in [6.45, 7) is 2.78. The zero-order chi connectivity index (χ0) is 19.4. The predicted molar refractivity (Wildman–Crippen MR) is 98.4 cm³/mol. The van der Waals surface area contributed by atoms with Crippen LogP contribution in [0.2, 0.25) is 0 Å². The highest BCUT2D eigenvalue weighted by molar-refractivity contribution is 7.13. The number of hydrogen-bond donors (Lipinski definition) is 1. The molecule has 0 saturated carbocycles. The van der Waals surface area contributed by atoms with E-state index in [2.05, 4.69) is 10.4 Å². The second kappa shape index (κ2) is 7.96. The number of benzene rings is 1. The summed E-state index contributed by atoms with van der Waals surface area (Å²) in [6.07, 6.45) is -4.51. The zero-order valence-electron chi connectivity index (χ0n) is 14.6. The molecular weight excluding hydrogens is 375 g/mol. The summed E-state index contributed by atoms with van der Waals surface area (Å²) in [6, 6.07) is 10.8. The third-order valence-corrected chi connectivity index (χ3v) is 4.91. The van der Waals surface area contributed by atoms with Gasteiger partial charge in [-0.05, 0) is 36.1 Å². The van der Waals surface area contributed by atoms with E-state index in [1.807, 2.05) is 30.5 Å². The molecule has 3 rings (SSSR count). The van der Waals surface area contributed by atoms with Gasteiger partial charge in [-0.1, -0.05) is 24.3 Å². The number of nitrogens with one attached hydrogen (secondary N) is 1. The van der Waals surface area contributed by atoms with Crippen molar-refractivity contribution >= 4 is 17.2 Å². The number of amides is 1. The van der Waals surface area contributed by atoms with Gasteiger partial charge in [-0.15, -0.1) is 11.3 Å². The van der Waals surface area contributed by atoms with Gasteiger partial charge in [0.05, 0.1) is 23.4 Å². The van der Waals surface area contributed by atoms with Crippen LogP contribution >= 0.6 is 11.3 Å². The Labute approximate surface area is 158 Å². The molecule has 1 N–H and O–H groups in total. The summed E-state index contributed by atoms with van der Waals surface area (Å²) in [5.41, 5.74) is 1.45. The van der Waals surface area contributed by atoms with Crippen LogP contribution in [0.3, 0.4) is 0 Å². The number of alkyl halides is 3. The summed E-state index contributed by atoms with van der Waals surface area (Å²) in [7, 11) is 0. The van der Waals surface area contributed by atoms with Gasteiger partial charge in [-0.2, -0.15) is 18.3 Å². The number of rotatable bonds is 6. The number of hydrogen-bond acceptors (Lipinski definition) is 3. The number of aryl methyl sites for hydroxylation is 1. The van der Waals surface area contributed by atoms with Gasteiger partial charge in [0.2, 0.25) is 5.91 Å². The molecule has 0 aliphatic carbocycles. The van der Waals surface area contributed by atoms with E-state index in [1.54, 1.807) is 16.0 Å². The molecule has 0 aliphatic heterocycles. The van der Waals surface area contributed by atoms with Crippen molar-refractivity contribution in [1.29, 1.82) is 0 Å². The van der Waals surface area contributed by atoms with Crippen LogP contribution in [0.25, 0.3) is 10.6 Å². The molecule has 0 aliphatic rings. The minimum atomic E-state index is -4.41. The molecule has 4 nitrogen and oxygen atoms in total. The van der Waals surface area contributed by atoms with Crippen LogP contribution in [0.4, 0.5) is 13.2 Å². The molecule has 0 fully saturated rings. The second-order valence-electron chi connectivity index (χ2n) is 6.10. The van der Waals surface area contributed by atoms with Gasteiger partial charge in [0.1, 0.15) is 5.69 Å². The summed E-state index contributed by atoms with van der Waals surface area (Å²) in [4.78, 5) is 13.1. The molecule has 1 aromatic carbocycles. The number of carbonyl (C=O) groups is 1. The smallest absolute Gasteiger partial charge is 0.354 e. The minimum Gasteiger partial charge on any atom is -0.354 e. The van der Waals surface area contributed by atoms with Gasteiger partial charge >= 0.3 is 6.18 Å². The molecule has 0 unspecified atom stereocenters. The quantitative estimate of drug-likeness (QED) is 0.679. The lowest BCUT2D eigenvalue weighted by molar-refractivity contribution is -0.137. The van der Waals surface area contributed by atoms with E-state index in [-0.39, 0.29) is 12.3 Å². The lowest BCUT2D eigenvalue weighted by Crippen LogP contribution is -2.29. The van der Waals surface area contributed by atoms with Crippen molar-refractivity contribution in [2.24, 2.45) is 0 Å². The molecule has 3 aromatic rings. The van der Waals surface area contributed by atoms with E-state index >= 15 is 0 Å². The number of carbonyl (C=O) groups excluding carboxylic acids is 1. The lowest BCUT2D eigenvalue weighted by Gasteiger charge is -2.09. The Morgan fingerprint density at radius 2 is 2.04 bits per heavy atom. The molecule has 0 spiro atoms. The molecule has 0 bridgehead atoms. The fourth-order valence-corrected chi connectivity index (χ4v) is 3.37. The Hall–Kier alpha value is -2.61. The van der Waals surface area contributed by atoms with Crippen molar-refractivity contribution in [3.63, 3.8) is 0 Å². The van der Waals surface area contributed by atoms with E-state index in [4.69, 9.17) is 0 Å². The van der Waals surface area contributed by atoms with Crippen molar-refractivity contribution in [2.45, 2.75) is 26.1 Å².